The van der Waals surface area contributed by atoms with Crippen LogP contribution in [0.1, 0.15) is 12.8 Å². The highest BCUT2D eigenvalue weighted by Gasteiger charge is 2.11. The molecule has 0 aromatic rings. The molecule has 9 heavy (non-hydrogen) atoms. The van der Waals surface area contributed by atoms with E-state index in [-0.39, 0.29) is 6.04 Å². The molecule has 1 aliphatic rings. The lowest BCUT2D eigenvalue weighted by Gasteiger charge is -1.99. The Balaban J connectivity index is 2.35. The summed E-state index contributed by atoms with van der Waals surface area (Å²) < 4.78 is 23.0. The van der Waals surface area contributed by atoms with Crippen LogP contribution in [0.4, 0.5) is 8.78 Å². The van der Waals surface area contributed by atoms with Gasteiger partial charge in [0, 0.05) is 6.04 Å². The first kappa shape index (κ1) is 6.68. The van der Waals surface area contributed by atoms with Crippen LogP contribution >= 0.6 is 0 Å². The van der Waals surface area contributed by atoms with E-state index in [1.54, 1.807) is 0 Å². The largest absolute Gasteiger partial charge is 0.310 e. The van der Waals surface area contributed by atoms with E-state index in [1.165, 1.54) is 0 Å². The fraction of sp³-hybridized carbons (Fsp3) is 0.667. The van der Waals surface area contributed by atoms with Gasteiger partial charge in [-0.15, -0.1) is 0 Å². The number of hydrogen-bond donors (Lipinski definition) is 1. The molecule has 0 radical (unpaired) electrons. The monoisotopic (exact) mass is 133 g/mol. The molecule has 1 fully saturated rings. The Bertz CT molecular complexity index is 112. The minimum absolute atomic E-state index is 0.0741. The predicted octanol–water partition coefficient (Wildman–Crippen LogP) is 1.52. The second-order valence-corrected chi connectivity index (χ2v) is 2.16. The van der Waals surface area contributed by atoms with Crippen molar-refractivity contribution in [2.24, 2.45) is 0 Å². The standard InChI is InChI=1S/C6H9F2N/c7-6(8)4-5-2-1-3-9-5/h4-5,9H,1-3H2. The predicted molar refractivity (Wildman–Crippen MR) is 31.3 cm³/mol. The lowest BCUT2D eigenvalue weighted by Crippen LogP contribution is -2.18. The summed E-state index contributed by atoms with van der Waals surface area (Å²) in [6, 6.07) is -0.0741. The van der Waals surface area contributed by atoms with Crippen LogP contribution in [0.15, 0.2) is 12.2 Å². The summed E-state index contributed by atoms with van der Waals surface area (Å²) in [4.78, 5) is 0. The lowest BCUT2D eigenvalue weighted by atomic mass is 10.2. The molecule has 1 heterocycles. The van der Waals surface area contributed by atoms with Gasteiger partial charge in [-0.3, -0.25) is 0 Å². The molecule has 3 heteroatoms. The molecule has 0 aromatic carbocycles. The molecular weight excluding hydrogens is 124 g/mol. The van der Waals surface area contributed by atoms with Crippen molar-refractivity contribution in [3.63, 3.8) is 0 Å². The zero-order valence-corrected chi connectivity index (χ0v) is 5.03. The van der Waals surface area contributed by atoms with Crippen LogP contribution in [-0.4, -0.2) is 12.6 Å². The van der Waals surface area contributed by atoms with Crippen LogP contribution < -0.4 is 5.32 Å². The van der Waals surface area contributed by atoms with E-state index in [1.807, 2.05) is 0 Å². The number of rotatable bonds is 1. The van der Waals surface area contributed by atoms with E-state index in [2.05, 4.69) is 5.32 Å². The van der Waals surface area contributed by atoms with Crippen molar-refractivity contribution >= 4 is 0 Å². The highest BCUT2D eigenvalue weighted by molar-refractivity contribution is 4.95. The van der Waals surface area contributed by atoms with Gasteiger partial charge in [0.25, 0.3) is 6.08 Å². The third kappa shape index (κ3) is 2.10. The van der Waals surface area contributed by atoms with Gasteiger partial charge in [0.05, 0.1) is 0 Å². The first-order valence-electron chi connectivity index (χ1n) is 3.05. The first-order chi connectivity index (χ1) is 4.29. The maximum Gasteiger partial charge on any atom is 0.267 e. The van der Waals surface area contributed by atoms with Crippen molar-refractivity contribution in [1.29, 1.82) is 0 Å². The molecule has 0 aromatic heterocycles. The van der Waals surface area contributed by atoms with Crippen LogP contribution in [0.5, 0.6) is 0 Å². The van der Waals surface area contributed by atoms with Gasteiger partial charge in [0.2, 0.25) is 0 Å². The molecule has 0 amide bonds. The van der Waals surface area contributed by atoms with Crippen molar-refractivity contribution in [2.75, 3.05) is 6.54 Å². The molecule has 1 N–H and O–H groups in total. The molecule has 1 rings (SSSR count). The molecule has 1 nitrogen and oxygen atoms in total. The van der Waals surface area contributed by atoms with Crippen molar-refractivity contribution < 1.29 is 8.78 Å². The normalized spacial score (nSPS) is 26.2. The summed E-state index contributed by atoms with van der Waals surface area (Å²) in [6.45, 7) is 0.869. The van der Waals surface area contributed by atoms with E-state index < -0.39 is 6.08 Å². The number of halogens is 2. The molecule has 0 spiro atoms. The minimum Gasteiger partial charge on any atom is -0.310 e. The van der Waals surface area contributed by atoms with Crippen LogP contribution in [0.3, 0.4) is 0 Å². The van der Waals surface area contributed by atoms with Crippen molar-refractivity contribution in [3.05, 3.63) is 12.2 Å². The Kier molecular flexibility index (Phi) is 2.16. The van der Waals surface area contributed by atoms with E-state index in [0.717, 1.165) is 25.5 Å². The molecule has 1 atom stereocenters. The van der Waals surface area contributed by atoms with Gasteiger partial charge in [-0.05, 0) is 25.5 Å². The molecule has 0 bridgehead atoms. The third-order valence-corrected chi connectivity index (χ3v) is 1.43. The van der Waals surface area contributed by atoms with Gasteiger partial charge >= 0.3 is 0 Å². The average molecular weight is 133 g/mol. The maximum atomic E-state index is 11.5. The molecule has 0 saturated carbocycles. The second kappa shape index (κ2) is 2.92. The Morgan fingerprint density at radius 2 is 2.33 bits per heavy atom. The fourth-order valence-corrected chi connectivity index (χ4v) is 1.01. The SMILES string of the molecule is FC(F)=CC1CCCN1. The van der Waals surface area contributed by atoms with E-state index >= 15 is 0 Å². The Morgan fingerprint density at radius 3 is 2.78 bits per heavy atom. The second-order valence-electron chi connectivity index (χ2n) is 2.16. The summed E-state index contributed by atoms with van der Waals surface area (Å²) in [5.41, 5.74) is 0. The van der Waals surface area contributed by atoms with E-state index in [4.69, 9.17) is 0 Å². The Hall–Kier alpha value is -0.440. The molecule has 0 aliphatic carbocycles. The van der Waals surface area contributed by atoms with Crippen LogP contribution in [-0.2, 0) is 0 Å². The molecule has 1 unspecified atom stereocenters. The van der Waals surface area contributed by atoms with Crippen LogP contribution in [0.25, 0.3) is 0 Å². The van der Waals surface area contributed by atoms with Gasteiger partial charge in [-0.25, -0.2) is 0 Å². The van der Waals surface area contributed by atoms with Gasteiger partial charge in [-0.1, -0.05) is 0 Å². The maximum absolute atomic E-state index is 11.5. The zero-order chi connectivity index (χ0) is 6.69. The van der Waals surface area contributed by atoms with Crippen LogP contribution in [0, 0.1) is 0 Å². The lowest BCUT2D eigenvalue weighted by molar-refractivity contribution is 0.412. The number of nitrogens with one attached hydrogen (secondary N) is 1. The van der Waals surface area contributed by atoms with Crippen molar-refractivity contribution in [2.45, 2.75) is 18.9 Å². The summed E-state index contributed by atoms with van der Waals surface area (Å²) in [7, 11) is 0. The number of hydrogen-bond acceptors (Lipinski definition) is 1. The Morgan fingerprint density at radius 1 is 1.56 bits per heavy atom. The first-order valence-corrected chi connectivity index (χ1v) is 3.05. The van der Waals surface area contributed by atoms with Gasteiger partial charge < -0.3 is 5.32 Å². The third-order valence-electron chi connectivity index (χ3n) is 1.43. The topological polar surface area (TPSA) is 12.0 Å². The molecular formula is C6H9F2N. The smallest absolute Gasteiger partial charge is 0.267 e. The zero-order valence-electron chi connectivity index (χ0n) is 5.03. The van der Waals surface area contributed by atoms with Crippen molar-refractivity contribution in [3.8, 4) is 0 Å². The summed E-state index contributed by atoms with van der Waals surface area (Å²) in [5.74, 6) is 0. The Labute approximate surface area is 52.7 Å². The van der Waals surface area contributed by atoms with Gasteiger partial charge in [0.1, 0.15) is 0 Å². The van der Waals surface area contributed by atoms with Gasteiger partial charge in [-0.2, -0.15) is 8.78 Å². The average Bonchev–Trinajstić information content (AvgIpc) is 2.15. The molecule has 1 saturated heterocycles. The van der Waals surface area contributed by atoms with E-state index in [0.29, 0.717) is 0 Å². The van der Waals surface area contributed by atoms with Crippen molar-refractivity contribution in [1.82, 2.24) is 5.32 Å². The summed E-state index contributed by atoms with van der Waals surface area (Å²) >= 11 is 0. The van der Waals surface area contributed by atoms with Gasteiger partial charge in [0.15, 0.2) is 0 Å². The highest BCUT2D eigenvalue weighted by atomic mass is 19.3. The summed E-state index contributed by atoms with van der Waals surface area (Å²) in [6.07, 6.45) is 1.26. The van der Waals surface area contributed by atoms with E-state index in [9.17, 15) is 8.78 Å². The minimum atomic E-state index is -1.57. The van der Waals surface area contributed by atoms with Crippen LogP contribution in [0.2, 0.25) is 0 Å². The molecule has 52 valence electrons. The summed E-state index contributed by atoms with van der Waals surface area (Å²) in [5, 5.41) is 2.93. The molecule has 1 aliphatic heterocycles. The fourth-order valence-electron chi connectivity index (χ4n) is 1.01. The quantitative estimate of drug-likeness (QED) is 0.571. The highest BCUT2D eigenvalue weighted by Crippen LogP contribution is 2.09.